The predicted molar refractivity (Wildman–Crippen MR) is 77.8 cm³/mol. The van der Waals surface area contributed by atoms with Crippen molar-refractivity contribution < 1.29 is 29.7 Å². The van der Waals surface area contributed by atoms with E-state index in [0.29, 0.717) is 12.8 Å². The fourth-order valence-electron chi connectivity index (χ4n) is 2.89. The molecule has 2 aliphatic rings. The first-order valence-corrected chi connectivity index (χ1v) is 7.44. The van der Waals surface area contributed by atoms with E-state index in [-0.39, 0.29) is 37.0 Å². The first-order valence-electron chi connectivity index (χ1n) is 7.04. The molecular formula is C13H18N2O6S. The summed E-state index contributed by atoms with van der Waals surface area (Å²) in [7, 11) is 0. The van der Waals surface area contributed by atoms with Crippen molar-refractivity contribution in [2.75, 3.05) is 13.1 Å². The molecule has 1 heterocycles. The zero-order valence-electron chi connectivity index (χ0n) is 11.9. The third-order valence-corrected chi connectivity index (χ3v) is 4.75. The summed E-state index contributed by atoms with van der Waals surface area (Å²) in [5.74, 6) is -2.45. The number of amides is 1. The summed E-state index contributed by atoms with van der Waals surface area (Å²) < 4.78 is 0. The van der Waals surface area contributed by atoms with E-state index < -0.39 is 23.6 Å². The summed E-state index contributed by atoms with van der Waals surface area (Å²) in [4.78, 5) is 36.6. The van der Waals surface area contributed by atoms with Crippen molar-refractivity contribution in [1.82, 2.24) is 9.80 Å². The molecule has 122 valence electrons. The molecule has 1 aliphatic heterocycles. The highest BCUT2D eigenvalue weighted by molar-refractivity contribution is 7.80. The summed E-state index contributed by atoms with van der Waals surface area (Å²) in [6.45, 7) is -0.0982. The molecule has 1 atom stereocenters. The molecule has 1 saturated heterocycles. The number of carbonyl (C=O) groups excluding carboxylic acids is 1. The molecule has 1 saturated carbocycles. The lowest BCUT2D eigenvalue weighted by molar-refractivity contribution is -0.175. The van der Waals surface area contributed by atoms with Gasteiger partial charge in [0, 0.05) is 13.1 Å². The van der Waals surface area contributed by atoms with Gasteiger partial charge in [0.15, 0.2) is 5.11 Å². The molecule has 2 fully saturated rings. The average molecular weight is 330 g/mol. The predicted octanol–water partition coefficient (Wildman–Crippen LogP) is -0.146. The monoisotopic (exact) mass is 330 g/mol. The van der Waals surface area contributed by atoms with Crippen molar-refractivity contribution in [2.45, 2.75) is 38.3 Å². The Morgan fingerprint density at radius 3 is 2.18 bits per heavy atom. The maximum absolute atomic E-state index is 12.6. The second kappa shape index (κ2) is 6.17. The van der Waals surface area contributed by atoms with Gasteiger partial charge in [-0.05, 0) is 25.1 Å². The van der Waals surface area contributed by atoms with E-state index in [2.05, 4.69) is 0 Å². The normalized spacial score (nSPS) is 23.6. The van der Waals surface area contributed by atoms with Gasteiger partial charge >= 0.3 is 11.9 Å². The van der Waals surface area contributed by atoms with E-state index in [9.17, 15) is 19.5 Å². The van der Waals surface area contributed by atoms with Crippen molar-refractivity contribution in [3.8, 4) is 0 Å². The van der Waals surface area contributed by atoms with Crippen LogP contribution < -0.4 is 0 Å². The Kier molecular flexibility index (Phi) is 4.66. The number of carboxylic acid groups (broad SMARTS) is 2. The van der Waals surface area contributed by atoms with E-state index in [1.165, 1.54) is 9.80 Å². The Morgan fingerprint density at radius 1 is 1.18 bits per heavy atom. The Labute approximate surface area is 132 Å². The topological polar surface area (TPSA) is 118 Å². The Hall–Kier alpha value is -1.74. The molecule has 2 rings (SSSR count). The minimum Gasteiger partial charge on any atom is -0.481 e. The molecule has 1 unspecified atom stereocenters. The van der Waals surface area contributed by atoms with Crippen molar-refractivity contribution in [2.24, 2.45) is 5.41 Å². The molecule has 0 radical (unpaired) electrons. The van der Waals surface area contributed by atoms with Gasteiger partial charge < -0.3 is 20.2 Å². The fourth-order valence-corrected chi connectivity index (χ4v) is 3.26. The Balaban J connectivity index is 2.22. The standard InChI is InChI=1S/C13H18N2O6S/c16-8(17)2-6-14-10(20)13(4-1-5-13)11(21)15(12(14)22)7-3-9(18)19/h10,20H,1-7H2,(H,16,17)(H,18,19). The summed E-state index contributed by atoms with van der Waals surface area (Å²) in [6.07, 6.45) is 0.126. The number of aliphatic hydroxyl groups is 1. The van der Waals surface area contributed by atoms with Gasteiger partial charge in [0.1, 0.15) is 6.23 Å². The maximum atomic E-state index is 12.6. The van der Waals surface area contributed by atoms with Gasteiger partial charge in [-0.25, -0.2) is 0 Å². The number of thiocarbonyl (C=S) groups is 1. The van der Waals surface area contributed by atoms with Gasteiger partial charge in [0.2, 0.25) is 5.91 Å². The molecule has 22 heavy (non-hydrogen) atoms. The van der Waals surface area contributed by atoms with Gasteiger partial charge in [0.25, 0.3) is 0 Å². The molecular weight excluding hydrogens is 312 g/mol. The third kappa shape index (κ3) is 2.78. The minimum atomic E-state index is -1.15. The number of hydrogen-bond donors (Lipinski definition) is 3. The molecule has 1 amide bonds. The highest BCUT2D eigenvalue weighted by Gasteiger charge is 2.58. The number of aliphatic carboxylic acids is 2. The van der Waals surface area contributed by atoms with Crippen LogP contribution in [-0.2, 0) is 14.4 Å². The highest BCUT2D eigenvalue weighted by atomic mass is 32.1. The van der Waals surface area contributed by atoms with Crippen LogP contribution in [0.1, 0.15) is 32.1 Å². The van der Waals surface area contributed by atoms with Crippen LogP contribution in [0.15, 0.2) is 0 Å². The van der Waals surface area contributed by atoms with E-state index in [1.54, 1.807) is 0 Å². The average Bonchev–Trinajstić information content (AvgIpc) is 2.36. The van der Waals surface area contributed by atoms with Crippen LogP contribution in [0.4, 0.5) is 0 Å². The van der Waals surface area contributed by atoms with Crippen molar-refractivity contribution in [3.05, 3.63) is 0 Å². The first-order chi connectivity index (χ1) is 10.3. The summed E-state index contributed by atoms with van der Waals surface area (Å²) in [5.41, 5.74) is -0.987. The van der Waals surface area contributed by atoms with E-state index in [0.717, 1.165) is 6.42 Å². The van der Waals surface area contributed by atoms with Crippen LogP contribution in [-0.4, -0.2) is 67.4 Å². The second-order valence-electron chi connectivity index (χ2n) is 5.60. The fraction of sp³-hybridized carbons (Fsp3) is 0.692. The van der Waals surface area contributed by atoms with Crippen molar-refractivity contribution >= 4 is 35.2 Å². The summed E-state index contributed by atoms with van der Waals surface area (Å²) in [5, 5.41) is 28.1. The van der Waals surface area contributed by atoms with Gasteiger partial charge in [-0.15, -0.1) is 0 Å². The SMILES string of the molecule is O=C(O)CCN1C(=O)C2(CCC2)C(O)N(CCC(=O)O)C1=S. The summed E-state index contributed by atoms with van der Waals surface area (Å²) in [6, 6.07) is 0. The van der Waals surface area contributed by atoms with E-state index in [4.69, 9.17) is 22.4 Å². The number of hydrogen-bond acceptors (Lipinski definition) is 5. The molecule has 0 aromatic carbocycles. The molecule has 1 spiro atoms. The third-order valence-electron chi connectivity index (χ3n) is 4.30. The van der Waals surface area contributed by atoms with E-state index in [1.807, 2.05) is 0 Å². The van der Waals surface area contributed by atoms with Crippen LogP contribution in [0, 0.1) is 5.41 Å². The Morgan fingerprint density at radius 2 is 1.73 bits per heavy atom. The lowest BCUT2D eigenvalue weighted by atomic mass is 9.65. The Bertz CT molecular complexity index is 519. The van der Waals surface area contributed by atoms with Crippen LogP contribution in [0.3, 0.4) is 0 Å². The molecule has 1 aliphatic carbocycles. The van der Waals surface area contributed by atoms with Gasteiger partial charge in [-0.3, -0.25) is 19.3 Å². The number of carboxylic acids is 2. The minimum absolute atomic E-state index is 0.00229. The zero-order valence-corrected chi connectivity index (χ0v) is 12.7. The highest BCUT2D eigenvalue weighted by Crippen LogP contribution is 2.49. The van der Waals surface area contributed by atoms with Gasteiger partial charge in [0.05, 0.1) is 18.3 Å². The molecule has 0 aromatic heterocycles. The van der Waals surface area contributed by atoms with E-state index >= 15 is 0 Å². The number of rotatable bonds is 6. The number of nitrogens with zero attached hydrogens (tertiary/aromatic N) is 2. The lowest BCUT2D eigenvalue weighted by Gasteiger charge is -2.55. The lowest BCUT2D eigenvalue weighted by Crippen LogP contribution is -2.69. The van der Waals surface area contributed by atoms with Crippen LogP contribution >= 0.6 is 12.2 Å². The maximum Gasteiger partial charge on any atom is 0.305 e. The van der Waals surface area contributed by atoms with Crippen LogP contribution in [0.25, 0.3) is 0 Å². The molecule has 8 nitrogen and oxygen atoms in total. The first kappa shape index (κ1) is 16.6. The largest absolute Gasteiger partial charge is 0.481 e. The molecule has 9 heteroatoms. The smallest absolute Gasteiger partial charge is 0.305 e. The van der Waals surface area contributed by atoms with Crippen LogP contribution in [0.5, 0.6) is 0 Å². The quantitative estimate of drug-likeness (QED) is 0.576. The number of carbonyl (C=O) groups is 3. The zero-order chi connectivity index (χ0) is 16.5. The molecule has 0 bridgehead atoms. The van der Waals surface area contributed by atoms with Crippen molar-refractivity contribution in [3.63, 3.8) is 0 Å². The number of aliphatic hydroxyl groups excluding tert-OH is 1. The van der Waals surface area contributed by atoms with Crippen LogP contribution in [0.2, 0.25) is 0 Å². The molecule has 0 aromatic rings. The van der Waals surface area contributed by atoms with Gasteiger partial charge in [-0.2, -0.15) is 0 Å². The summed E-state index contributed by atoms with van der Waals surface area (Å²) >= 11 is 5.17. The molecule has 3 N–H and O–H groups in total. The van der Waals surface area contributed by atoms with Crippen molar-refractivity contribution in [1.29, 1.82) is 0 Å². The second-order valence-corrected chi connectivity index (χ2v) is 5.97. The van der Waals surface area contributed by atoms with Gasteiger partial charge in [-0.1, -0.05) is 6.42 Å².